The van der Waals surface area contributed by atoms with Crippen LogP contribution < -0.4 is 14.8 Å². The number of nitrogens with one attached hydrogen (secondary N) is 1. The van der Waals surface area contributed by atoms with Gasteiger partial charge < -0.3 is 19.5 Å². The van der Waals surface area contributed by atoms with Crippen LogP contribution in [0.2, 0.25) is 0 Å². The number of hydrogen-bond donors (Lipinski definition) is 1. The molecule has 2 aromatic rings. The van der Waals surface area contributed by atoms with Crippen LogP contribution in [0.4, 0.5) is 11.4 Å². The quantitative estimate of drug-likeness (QED) is 0.229. The average Bonchev–Trinajstić information content (AvgIpc) is 3.05. The fraction of sp³-hybridized carbons (Fsp3) is 0.333. The second-order valence-corrected chi connectivity index (χ2v) is 7.78. The van der Waals surface area contributed by atoms with Crippen LogP contribution in [0.1, 0.15) is 25.8 Å². The summed E-state index contributed by atoms with van der Waals surface area (Å²) in [7, 11) is 3.01. The van der Waals surface area contributed by atoms with Gasteiger partial charge in [0.25, 0.3) is 17.5 Å². The van der Waals surface area contributed by atoms with Gasteiger partial charge in [-0.3, -0.25) is 24.6 Å². The van der Waals surface area contributed by atoms with Gasteiger partial charge in [-0.2, -0.15) is 0 Å². The van der Waals surface area contributed by atoms with E-state index in [2.05, 4.69) is 5.32 Å². The summed E-state index contributed by atoms with van der Waals surface area (Å²) in [5, 5.41) is 14.1. The van der Waals surface area contributed by atoms with Crippen LogP contribution in [0.15, 0.2) is 48.2 Å². The first-order chi connectivity index (χ1) is 16.3. The van der Waals surface area contributed by atoms with Crippen LogP contribution in [0.5, 0.6) is 11.5 Å². The molecule has 3 rings (SSSR count). The Morgan fingerprint density at radius 1 is 1.03 bits per heavy atom. The molecule has 1 heterocycles. The van der Waals surface area contributed by atoms with Gasteiger partial charge in [0, 0.05) is 31.4 Å². The normalized spacial score (nSPS) is 13.6. The van der Waals surface area contributed by atoms with Crippen molar-refractivity contribution >= 4 is 28.8 Å². The van der Waals surface area contributed by atoms with E-state index >= 15 is 0 Å². The number of non-ortho nitro benzene ring substituents is 1. The SMILES string of the molecule is COc1ccc(NC2=C(c3ccc([N+](=O)[O-])cc3)C(=O)N(CCCOC(C)C)C2=O)c(OC)c1. The lowest BCUT2D eigenvalue weighted by Crippen LogP contribution is -2.34. The molecule has 0 fully saturated rings. The molecule has 1 N–H and O–H groups in total. The van der Waals surface area contributed by atoms with Crippen molar-refractivity contribution in [3.05, 3.63) is 63.8 Å². The summed E-state index contributed by atoms with van der Waals surface area (Å²) in [4.78, 5) is 38.3. The number of methoxy groups -OCH3 is 2. The molecule has 0 saturated heterocycles. The zero-order valence-corrected chi connectivity index (χ0v) is 19.5. The smallest absolute Gasteiger partial charge is 0.278 e. The first kappa shape index (κ1) is 24.7. The Kier molecular flexibility index (Phi) is 7.85. The molecule has 10 heteroatoms. The lowest BCUT2D eigenvalue weighted by molar-refractivity contribution is -0.384. The van der Waals surface area contributed by atoms with E-state index in [0.29, 0.717) is 35.8 Å². The highest BCUT2D eigenvalue weighted by atomic mass is 16.6. The highest BCUT2D eigenvalue weighted by Crippen LogP contribution is 2.35. The van der Waals surface area contributed by atoms with Crippen molar-refractivity contribution < 1.29 is 28.7 Å². The highest BCUT2D eigenvalue weighted by molar-refractivity contribution is 6.36. The van der Waals surface area contributed by atoms with E-state index in [-0.39, 0.29) is 29.6 Å². The number of imide groups is 1. The molecule has 0 atom stereocenters. The third-order valence-electron chi connectivity index (χ3n) is 5.18. The van der Waals surface area contributed by atoms with Gasteiger partial charge in [0.05, 0.1) is 36.5 Å². The number of anilines is 1. The number of ether oxygens (including phenoxy) is 3. The number of benzene rings is 2. The molecule has 0 aromatic heterocycles. The number of carbonyl (C=O) groups excluding carboxylic acids is 2. The van der Waals surface area contributed by atoms with E-state index in [9.17, 15) is 19.7 Å². The van der Waals surface area contributed by atoms with Gasteiger partial charge >= 0.3 is 0 Å². The summed E-state index contributed by atoms with van der Waals surface area (Å²) >= 11 is 0. The zero-order chi connectivity index (χ0) is 24.8. The van der Waals surface area contributed by atoms with Crippen molar-refractivity contribution in [3.63, 3.8) is 0 Å². The third kappa shape index (κ3) is 5.34. The Balaban J connectivity index is 1.98. The largest absolute Gasteiger partial charge is 0.497 e. The van der Waals surface area contributed by atoms with Crippen LogP contribution in [0.25, 0.3) is 5.57 Å². The lowest BCUT2D eigenvalue weighted by Gasteiger charge is -2.16. The molecule has 0 bridgehead atoms. The van der Waals surface area contributed by atoms with Crippen molar-refractivity contribution in [2.24, 2.45) is 0 Å². The topological polar surface area (TPSA) is 120 Å². The van der Waals surface area contributed by atoms with Crippen molar-refractivity contribution in [1.82, 2.24) is 4.90 Å². The number of carbonyl (C=O) groups is 2. The second kappa shape index (κ2) is 10.8. The van der Waals surface area contributed by atoms with Crippen molar-refractivity contribution in [1.29, 1.82) is 0 Å². The molecular weight excluding hydrogens is 442 g/mol. The molecule has 2 amide bonds. The van der Waals surface area contributed by atoms with Crippen molar-refractivity contribution in [2.75, 3.05) is 32.7 Å². The van der Waals surface area contributed by atoms with E-state index in [4.69, 9.17) is 14.2 Å². The Morgan fingerprint density at radius 2 is 1.74 bits per heavy atom. The molecule has 2 aromatic carbocycles. The molecule has 0 aliphatic carbocycles. The standard InChI is InChI=1S/C24H27N3O7/c1-15(2)34-13-5-12-26-23(28)21(16-6-8-17(9-7-16)27(30)31)22(24(26)29)25-19-11-10-18(32-3)14-20(19)33-4/h6-11,14-15,25H,5,12-13H2,1-4H3. The van der Waals surface area contributed by atoms with Gasteiger partial charge in [0.1, 0.15) is 17.2 Å². The summed E-state index contributed by atoms with van der Waals surface area (Å²) in [6, 6.07) is 10.5. The van der Waals surface area contributed by atoms with Crippen molar-refractivity contribution in [3.8, 4) is 11.5 Å². The summed E-state index contributed by atoms with van der Waals surface area (Å²) in [5.41, 5.74) is 0.925. The summed E-state index contributed by atoms with van der Waals surface area (Å²) in [6.45, 7) is 4.39. The molecule has 1 aliphatic rings. The maximum Gasteiger partial charge on any atom is 0.278 e. The molecule has 34 heavy (non-hydrogen) atoms. The number of nitrogens with zero attached hydrogens (tertiary/aromatic N) is 2. The molecule has 0 spiro atoms. The number of amides is 2. The molecule has 0 radical (unpaired) electrons. The van der Waals surface area contributed by atoms with E-state index in [1.165, 1.54) is 38.5 Å². The second-order valence-electron chi connectivity index (χ2n) is 7.78. The number of rotatable bonds is 11. The minimum Gasteiger partial charge on any atom is -0.497 e. The van der Waals surface area contributed by atoms with E-state index in [1.807, 2.05) is 13.8 Å². The first-order valence-corrected chi connectivity index (χ1v) is 10.7. The summed E-state index contributed by atoms with van der Waals surface area (Å²) in [6.07, 6.45) is 0.515. The van der Waals surface area contributed by atoms with Gasteiger partial charge in [0.2, 0.25) is 0 Å². The molecule has 180 valence electrons. The zero-order valence-electron chi connectivity index (χ0n) is 19.5. The van der Waals surface area contributed by atoms with Gasteiger partial charge in [-0.1, -0.05) is 0 Å². The van der Waals surface area contributed by atoms with Gasteiger partial charge in [-0.25, -0.2) is 0 Å². The Labute approximate surface area is 197 Å². The minimum atomic E-state index is -0.526. The van der Waals surface area contributed by atoms with E-state index in [1.54, 1.807) is 18.2 Å². The maximum atomic E-state index is 13.3. The predicted molar refractivity (Wildman–Crippen MR) is 126 cm³/mol. The van der Waals surface area contributed by atoms with Crippen LogP contribution in [0, 0.1) is 10.1 Å². The fourth-order valence-electron chi connectivity index (χ4n) is 3.49. The van der Waals surface area contributed by atoms with E-state index < -0.39 is 16.7 Å². The van der Waals surface area contributed by atoms with Gasteiger partial charge in [-0.15, -0.1) is 0 Å². The van der Waals surface area contributed by atoms with Gasteiger partial charge in [0.15, 0.2) is 0 Å². The molecule has 0 saturated carbocycles. The molecule has 10 nitrogen and oxygen atoms in total. The lowest BCUT2D eigenvalue weighted by atomic mass is 10.0. The van der Waals surface area contributed by atoms with Crippen LogP contribution in [-0.2, 0) is 14.3 Å². The average molecular weight is 469 g/mol. The monoisotopic (exact) mass is 469 g/mol. The van der Waals surface area contributed by atoms with Crippen molar-refractivity contribution in [2.45, 2.75) is 26.4 Å². The predicted octanol–water partition coefficient (Wildman–Crippen LogP) is 3.62. The van der Waals surface area contributed by atoms with Gasteiger partial charge in [-0.05, 0) is 50.1 Å². The number of nitro benzene ring substituents is 1. The number of hydrogen-bond acceptors (Lipinski definition) is 8. The highest BCUT2D eigenvalue weighted by Gasteiger charge is 2.39. The summed E-state index contributed by atoms with van der Waals surface area (Å²) < 4.78 is 16.1. The van der Waals surface area contributed by atoms with Crippen LogP contribution in [-0.4, -0.2) is 55.1 Å². The Morgan fingerprint density at radius 3 is 2.32 bits per heavy atom. The first-order valence-electron chi connectivity index (χ1n) is 10.7. The van der Waals surface area contributed by atoms with Crippen LogP contribution >= 0.6 is 0 Å². The van der Waals surface area contributed by atoms with E-state index in [0.717, 1.165) is 4.90 Å². The molecule has 1 aliphatic heterocycles. The minimum absolute atomic E-state index is 0.0403. The third-order valence-corrected chi connectivity index (χ3v) is 5.18. The molecule has 0 unspecified atom stereocenters. The number of nitro groups is 1. The molecular formula is C24H27N3O7. The maximum absolute atomic E-state index is 13.3. The fourth-order valence-corrected chi connectivity index (χ4v) is 3.49. The Bertz CT molecular complexity index is 1110. The Hall–Kier alpha value is -3.92. The van der Waals surface area contributed by atoms with Crippen LogP contribution in [0.3, 0.4) is 0 Å². The summed E-state index contributed by atoms with van der Waals surface area (Å²) in [5.74, 6) is -0.00865.